The van der Waals surface area contributed by atoms with E-state index in [-0.39, 0.29) is 0 Å². The molecule has 5 unspecified atom stereocenters. The highest BCUT2D eigenvalue weighted by atomic mass is 32.2. The van der Waals surface area contributed by atoms with Crippen molar-refractivity contribution in [3.8, 4) is 0 Å². The van der Waals surface area contributed by atoms with Crippen LogP contribution < -0.4 is 0 Å². The van der Waals surface area contributed by atoms with Gasteiger partial charge in [-0.3, -0.25) is 0 Å². The van der Waals surface area contributed by atoms with Crippen molar-refractivity contribution < 1.29 is 24.8 Å². The summed E-state index contributed by atoms with van der Waals surface area (Å²) in [6, 6.07) is 12.7. The lowest BCUT2D eigenvalue weighted by Crippen LogP contribution is -2.52. The molecule has 0 aromatic heterocycles. The van der Waals surface area contributed by atoms with Crippen LogP contribution in [0.2, 0.25) is 0 Å². The van der Waals surface area contributed by atoms with Crippen LogP contribution in [0.1, 0.15) is 46.4 Å². The monoisotopic (exact) mass is 430 g/mol. The van der Waals surface area contributed by atoms with E-state index in [1.807, 2.05) is 12.3 Å². The topological polar surface area (TPSA) is 79.2 Å². The second kappa shape index (κ2) is 9.39. The Morgan fingerprint density at radius 2 is 1.80 bits per heavy atom. The highest BCUT2D eigenvalue weighted by molar-refractivity contribution is 7.99. The maximum Gasteiger partial charge on any atom is 0.132 e. The highest BCUT2D eigenvalue weighted by Gasteiger charge is 2.44. The summed E-state index contributed by atoms with van der Waals surface area (Å²) < 4.78 is 11.6. The minimum absolute atomic E-state index is 0.580. The first kappa shape index (κ1) is 21.8. The van der Waals surface area contributed by atoms with Gasteiger partial charge in [0.25, 0.3) is 0 Å². The van der Waals surface area contributed by atoms with Crippen LogP contribution in [0.4, 0.5) is 0 Å². The minimum Gasteiger partial charge on any atom is -0.387 e. The average Bonchev–Trinajstić information content (AvgIpc) is 2.77. The summed E-state index contributed by atoms with van der Waals surface area (Å²) in [5.41, 5.74) is 6.53. The van der Waals surface area contributed by atoms with Crippen LogP contribution in [-0.2, 0) is 35.3 Å². The highest BCUT2D eigenvalue weighted by Crippen LogP contribution is 2.36. The van der Waals surface area contributed by atoms with Crippen molar-refractivity contribution in [3.05, 3.63) is 69.8 Å². The Labute approximate surface area is 182 Å². The second-order valence-electron chi connectivity index (χ2n) is 8.10. The van der Waals surface area contributed by atoms with E-state index in [1.54, 1.807) is 0 Å². The molecular formula is C24H30O5S. The number of aryl methyl sites for hydroxylation is 1. The first-order chi connectivity index (χ1) is 14.5. The van der Waals surface area contributed by atoms with Crippen LogP contribution in [0.25, 0.3) is 0 Å². The van der Waals surface area contributed by atoms with Crippen molar-refractivity contribution in [2.24, 2.45) is 0 Å². The molecule has 2 aromatic rings. The van der Waals surface area contributed by atoms with Gasteiger partial charge in [0, 0.05) is 0 Å². The van der Waals surface area contributed by atoms with Gasteiger partial charge >= 0.3 is 0 Å². The fraction of sp³-hybridized carbons (Fsp3) is 0.500. The maximum atomic E-state index is 10.6. The van der Waals surface area contributed by atoms with Crippen LogP contribution in [0, 0.1) is 0 Å². The van der Waals surface area contributed by atoms with E-state index in [1.165, 1.54) is 39.6 Å². The number of hydrogen-bond acceptors (Lipinski definition) is 6. The Hall–Kier alpha value is -1.41. The molecule has 30 heavy (non-hydrogen) atoms. The summed E-state index contributed by atoms with van der Waals surface area (Å²) in [4.78, 5) is 0. The van der Waals surface area contributed by atoms with Gasteiger partial charge in [0.05, 0.1) is 13.2 Å². The van der Waals surface area contributed by atoms with E-state index >= 15 is 0 Å². The standard InChI is InChI=1S/C24H30O5S/c1-3-15-6-7-17(23-21(26)20(25)22(27)24(29-23)30-2)12-18(15)10-14-4-5-16-8-9-28-13-19(16)11-14/h4-7,11-12,20-27H,3,8-10,13H2,1-2H3. The number of aliphatic hydroxyl groups excluding tert-OH is 3. The summed E-state index contributed by atoms with van der Waals surface area (Å²) in [5.74, 6) is 0. The molecule has 6 heteroatoms. The number of hydrogen-bond donors (Lipinski definition) is 3. The van der Waals surface area contributed by atoms with E-state index in [4.69, 9.17) is 9.47 Å². The van der Waals surface area contributed by atoms with Crippen molar-refractivity contribution in [1.29, 1.82) is 0 Å². The van der Waals surface area contributed by atoms with Gasteiger partial charge in [0.15, 0.2) is 0 Å². The van der Waals surface area contributed by atoms with E-state index in [0.717, 1.165) is 31.4 Å². The molecule has 2 aromatic carbocycles. The Morgan fingerprint density at radius 3 is 2.57 bits per heavy atom. The second-order valence-corrected chi connectivity index (χ2v) is 9.03. The zero-order chi connectivity index (χ0) is 21.3. The van der Waals surface area contributed by atoms with E-state index in [9.17, 15) is 15.3 Å². The molecule has 3 N–H and O–H groups in total. The van der Waals surface area contributed by atoms with Gasteiger partial charge in [0.1, 0.15) is 29.9 Å². The lowest BCUT2D eigenvalue weighted by molar-refractivity contribution is -0.200. The molecule has 0 amide bonds. The Kier molecular flexibility index (Phi) is 6.82. The summed E-state index contributed by atoms with van der Waals surface area (Å²) in [6.45, 7) is 3.59. The predicted octanol–water partition coefficient (Wildman–Crippen LogP) is 2.76. The first-order valence-electron chi connectivity index (χ1n) is 10.5. The molecule has 1 fully saturated rings. The van der Waals surface area contributed by atoms with Gasteiger partial charge in [0.2, 0.25) is 0 Å². The molecule has 5 atom stereocenters. The first-order valence-corrected chi connectivity index (χ1v) is 11.8. The van der Waals surface area contributed by atoms with E-state index in [0.29, 0.717) is 6.61 Å². The van der Waals surface area contributed by atoms with Gasteiger partial charge < -0.3 is 24.8 Å². The van der Waals surface area contributed by atoms with Crippen molar-refractivity contribution in [1.82, 2.24) is 0 Å². The molecular weight excluding hydrogens is 400 g/mol. The molecule has 0 saturated carbocycles. The third-order valence-corrected chi connectivity index (χ3v) is 7.03. The Bertz CT molecular complexity index is 884. The van der Waals surface area contributed by atoms with E-state index < -0.39 is 29.9 Å². The third kappa shape index (κ3) is 4.31. The number of fused-ring (bicyclic) bond motifs is 1. The summed E-state index contributed by atoms with van der Waals surface area (Å²) in [5, 5.41) is 31.0. The zero-order valence-electron chi connectivity index (χ0n) is 17.5. The number of thioether (sulfide) groups is 1. The van der Waals surface area contributed by atoms with Crippen LogP contribution in [0.15, 0.2) is 36.4 Å². The van der Waals surface area contributed by atoms with Crippen molar-refractivity contribution in [2.75, 3.05) is 12.9 Å². The van der Waals surface area contributed by atoms with Crippen LogP contribution in [-0.4, -0.2) is 51.9 Å². The van der Waals surface area contributed by atoms with Crippen LogP contribution >= 0.6 is 11.8 Å². The van der Waals surface area contributed by atoms with Crippen molar-refractivity contribution in [3.63, 3.8) is 0 Å². The third-order valence-electron chi connectivity index (χ3n) is 6.18. The largest absolute Gasteiger partial charge is 0.387 e. The smallest absolute Gasteiger partial charge is 0.132 e. The molecule has 2 heterocycles. The molecule has 4 rings (SSSR count). The van der Waals surface area contributed by atoms with Gasteiger partial charge in [-0.25, -0.2) is 0 Å². The molecule has 5 nitrogen and oxygen atoms in total. The maximum absolute atomic E-state index is 10.6. The molecule has 0 spiro atoms. The summed E-state index contributed by atoms with van der Waals surface area (Å²) in [7, 11) is 0. The molecule has 2 aliphatic heterocycles. The fourth-order valence-electron chi connectivity index (χ4n) is 4.40. The van der Waals surface area contributed by atoms with Crippen LogP contribution in [0.5, 0.6) is 0 Å². The molecule has 0 aliphatic carbocycles. The number of benzene rings is 2. The summed E-state index contributed by atoms with van der Waals surface area (Å²) >= 11 is 1.33. The van der Waals surface area contributed by atoms with E-state index in [2.05, 4.69) is 37.3 Å². The number of aliphatic hydroxyl groups is 3. The number of rotatable bonds is 5. The molecule has 0 bridgehead atoms. The Balaban J connectivity index is 1.62. The normalized spacial score (nSPS) is 28.9. The number of ether oxygens (including phenoxy) is 2. The predicted molar refractivity (Wildman–Crippen MR) is 118 cm³/mol. The molecule has 1 saturated heterocycles. The Morgan fingerprint density at radius 1 is 0.967 bits per heavy atom. The van der Waals surface area contributed by atoms with Crippen LogP contribution in [0.3, 0.4) is 0 Å². The lowest BCUT2D eigenvalue weighted by atomic mass is 9.89. The fourth-order valence-corrected chi connectivity index (χ4v) is 5.07. The van der Waals surface area contributed by atoms with Gasteiger partial charge in [-0.15, -0.1) is 11.8 Å². The molecule has 162 valence electrons. The molecule has 0 radical (unpaired) electrons. The quantitative estimate of drug-likeness (QED) is 0.677. The molecule has 2 aliphatic rings. The van der Waals surface area contributed by atoms with Gasteiger partial charge in [-0.2, -0.15) is 0 Å². The summed E-state index contributed by atoms with van der Waals surface area (Å²) in [6.07, 6.45) is 0.270. The SMILES string of the molecule is CCc1ccc(C2OC(SC)C(O)C(O)C2O)cc1Cc1ccc2c(c1)COCC2. The zero-order valence-corrected chi connectivity index (χ0v) is 18.3. The lowest BCUT2D eigenvalue weighted by Gasteiger charge is -2.40. The minimum atomic E-state index is -1.24. The van der Waals surface area contributed by atoms with Gasteiger partial charge in [-0.1, -0.05) is 43.3 Å². The van der Waals surface area contributed by atoms with Crippen molar-refractivity contribution >= 4 is 11.8 Å². The van der Waals surface area contributed by atoms with Gasteiger partial charge in [-0.05, 0) is 58.9 Å². The average molecular weight is 431 g/mol. The van der Waals surface area contributed by atoms with Crippen molar-refractivity contribution in [2.45, 2.75) is 62.6 Å².